The highest BCUT2D eigenvalue weighted by molar-refractivity contribution is 6.44. The number of hydrogen-bond acceptors (Lipinski definition) is 3. The molecule has 0 amide bonds. The molecule has 2 N–H and O–H groups in total. The van der Waals surface area contributed by atoms with Gasteiger partial charge in [-0.2, -0.15) is 0 Å². The maximum Gasteiger partial charge on any atom is 0.201 e. The highest BCUT2D eigenvalue weighted by Crippen LogP contribution is 2.44. The number of fused-ring (bicyclic) bond motifs is 1. The molecule has 0 atom stereocenters. The first kappa shape index (κ1) is 14.4. The van der Waals surface area contributed by atoms with Gasteiger partial charge in [-0.05, 0) is 24.3 Å². The van der Waals surface area contributed by atoms with E-state index in [1.807, 2.05) is 0 Å². The fraction of sp³-hybridized carbons (Fsp3) is 0.0667. The lowest BCUT2D eigenvalue weighted by Crippen LogP contribution is -1.89. The number of phenolic OH excluding ortho intramolecular Hbond substituents is 2. The number of halogens is 3. The number of rotatable bonds is 1. The lowest BCUT2D eigenvalue weighted by atomic mass is 10.1. The van der Waals surface area contributed by atoms with Crippen molar-refractivity contribution in [2.75, 3.05) is 0 Å². The van der Waals surface area contributed by atoms with Gasteiger partial charge in [0.1, 0.15) is 5.76 Å². The Morgan fingerprint density at radius 3 is 2.48 bits per heavy atom. The number of allylic oxidation sites excluding steroid dienone is 1. The molecule has 1 heterocycles. The molecule has 2 aromatic rings. The number of benzene rings is 2. The zero-order valence-electron chi connectivity index (χ0n) is 10.5. The summed E-state index contributed by atoms with van der Waals surface area (Å²) in [5, 5.41) is 20.4. The van der Waals surface area contributed by atoms with Crippen LogP contribution in [0.1, 0.15) is 11.1 Å². The van der Waals surface area contributed by atoms with Gasteiger partial charge >= 0.3 is 0 Å². The van der Waals surface area contributed by atoms with Gasteiger partial charge in [0.25, 0.3) is 0 Å². The van der Waals surface area contributed by atoms with Gasteiger partial charge in [-0.1, -0.05) is 40.9 Å². The van der Waals surface area contributed by atoms with Crippen molar-refractivity contribution in [3.8, 4) is 17.2 Å². The van der Waals surface area contributed by atoms with Gasteiger partial charge in [-0.15, -0.1) is 0 Å². The molecule has 0 aliphatic carbocycles. The summed E-state index contributed by atoms with van der Waals surface area (Å²) in [6, 6.07) is 6.36. The molecule has 3 nitrogen and oxygen atoms in total. The highest BCUT2D eigenvalue weighted by Gasteiger charge is 2.23. The van der Waals surface area contributed by atoms with Crippen LogP contribution in [0.15, 0.2) is 30.0 Å². The summed E-state index contributed by atoms with van der Waals surface area (Å²) in [5.41, 5.74) is 1.32. The van der Waals surface area contributed by atoms with Gasteiger partial charge in [-0.3, -0.25) is 0 Å². The molecule has 0 fully saturated rings. The Balaban J connectivity index is 2.02. The zero-order valence-corrected chi connectivity index (χ0v) is 12.8. The molecule has 0 saturated heterocycles. The third-order valence-corrected chi connectivity index (χ3v) is 4.32. The van der Waals surface area contributed by atoms with Crippen molar-refractivity contribution in [1.29, 1.82) is 0 Å². The standard InChI is InChI=1S/C15H9Cl3O3/c16-10-2-3-11(17)13(18)9(10)6-8-5-7-1-4-12(19)14(20)15(7)21-8/h1-4,6,19-20H,5H2. The topological polar surface area (TPSA) is 49.7 Å². The maximum absolute atomic E-state index is 9.78. The Labute approximate surface area is 135 Å². The summed E-state index contributed by atoms with van der Waals surface area (Å²) in [4.78, 5) is 0. The van der Waals surface area contributed by atoms with E-state index < -0.39 is 0 Å². The van der Waals surface area contributed by atoms with Gasteiger partial charge < -0.3 is 14.9 Å². The van der Waals surface area contributed by atoms with Crippen LogP contribution in [0.3, 0.4) is 0 Å². The van der Waals surface area contributed by atoms with Gasteiger partial charge in [0, 0.05) is 22.6 Å². The van der Waals surface area contributed by atoms with E-state index in [9.17, 15) is 10.2 Å². The number of phenols is 2. The summed E-state index contributed by atoms with van der Waals surface area (Å²) in [6.45, 7) is 0. The minimum atomic E-state index is -0.279. The molecule has 0 spiro atoms. The summed E-state index contributed by atoms with van der Waals surface area (Å²) in [7, 11) is 0. The molecule has 0 aromatic heterocycles. The van der Waals surface area contributed by atoms with E-state index >= 15 is 0 Å². The van der Waals surface area contributed by atoms with Crippen LogP contribution in [0.5, 0.6) is 17.2 Å². The lowest BCUT2D eigenvalue weighted by Gasteiger charge is -2.06. The van der Waals surface area contributed by atoms with E-state index in [-0.39, 0.29) is 17.2 Å². The Bertz CT molecular complexity index is 769. The molecule has 6 heteroatoms. The third-order valence-electron chi connectivity index (χ3n) is 3.17. The van der Waals surface area contributed by atoms with Crippen LogP contribution < -0.4 is 4.74 Å². The Morgan fingerprint density at radius 1 is 1.00 bits per heavy atom. The molecular weight excluding hydrogens is 335 g/mol. The molecule has 1 aliphatic heterocycles. The molecule has 0 bridgehead atoms. The van der Waals surface area contributed by atoms with Crippen LogP contribution >= 0.6 is 34.8 Å². The van der Waals surface area contributed by atoms with Gasteiger partial charge in [-0.25, -0.2) is 0 Å². The summed E-state index contributed by atoms with van der Waals surface area (Å²) >= 11 is 18.2. The molecule has 1 aliphatic rings. The summed E-state index contributed by atoms with van der Waals surface area (Å²) in [6.07, 6.45) is 2.13. The third kappa shape index (κ3) is 2.53. The summed E-state index contributed by atoms with van der Waals surface area (Å²) in [5.74, 6) is 0.292. The molecule has 0 unspecified atom stereocenters. The van der Waals surface area contributed by atoms with Crippen LogP contribution in [0.4, 0.5) is 0 Å². The maximum atomic E-state index is 9.78. The van der Waals surface area contributed by atoms with Crippen LogP contribution in [0.2, 0.25) is 15.1 Å². The van der Waals surface area contributed by atoms with E-state index in [1.165, 1.54) is 6.07 Å². The van der Waals surface area contributed by atoms with Gasteiger partial charge in [0.05, 0.1) is 10.0 Å². The molecule has 108 valence electrons. The minimum absolute atomic E-state index is 0.228. The minimum Gasteiger partial charge on any atom is -0.504 e. The van der Waals surface area contributed by atoms with Crippen molar-refractivity contribution in [3.05, 3.63) is 56.2 Å². The molecule has 3 rings (SSSR count). The zero-order chi connectivity index (χ0) is 15.1. The van der Waals surface area contributed by atoms with Crippen LogP contribution in [0, 0.1) is 0 Å². The van der Waals surface area contributed by atoms with Gasteiger partial charge in [0.15, 0.2) is 11.5 Å². The van der Waals surface area contributed by atoms with E-state index in [0.717, 1.165) is 5.56 Å². The van der Waals surface area contributed by atoms with E-state index in [2.05, 4.69) is 0 Å². The predicted octanol–water partition coefficient (Wildman–Crippen LogP) is 5.03. The Kier molecular flexibility index (Phi) is 3.66. The first-order valence-electron chi connectivity index (χ1n) is 6.03. The van der Waals surface area contributed by atoms with Crippen molar-refractivity contribution in [2.24, 2.45) is 0 Å². The SMILES string of the molecule is Oc1ccc2c(c1O)OC(=Cc1c(Cl)ccc(Cl)c1Cl)C2. The molecule has 0 radical (unpaired) electrons. The van der Waals surface area contributed by atoms with E-state index in [4.69, 9.17) is 39.5 Å². The summed E-state index contributed by atoms with van der Waals surface area (Å²) < 4.78 is 5.56. The van der Waals surface area contributed by atoms with Crippen LogP contribution in [0.25, 0.3) is 6.08 Å². The number of hydrogen-bond donors (Lipinski definition) is 2. The van der Waals surface area contributed by atoms with Gasteiger partial charge in [0.2, 0.25) is 5.75 Å². The fourth-order valence-electron chi connectivity index (χ4n) is 2.13. The normalized spacial score (nSPS) is 15.1. The molecule has 2 aromatic carbocycles. The van der Waals surface area contributed by atoms with Crippen molar-refractivity contribution < 1.29 is 14.9 Å². The molecular formula is C15H9Cl3O3. The smallest absolute Gasteiger partial charge is 0.201 e. The first-order chi connectivity index (χ1) is 9.97. The lowest BCUT2D eigenvalue weighted by molar-refractivity contribution is 0.368. The van der Waals surface area contributed by atoms with Crippen LogP contribution in [-0.4, -0.2) is 10.2 Å². The van der Waals surface area contributed by atoms with Crippen LogP contribution in [-0.2, 0) is 6.42 Å². The van der Waals surface area contributed by atoms with Crippen molar-refractivity contribution in [2.45, 2.75) is 6.42 Å². The fourth-order valence-corrected chi connectivity index (χ4v) is 2.77. The predicted molar refractivity (Wildman–Crippen MR) is 83.6 cm³/mol. The number of aromatic hydroxyl groups is 2. The second-order valence-electron chi connectivity index (χ2n) is 4.57. The monoisotopic (exact) mass is 342 g/mol. The average Bonchev–Trinajstić information content (AvgIpc) is 2.87. The first-order valence-corrected chi connectivity index (χ1v) is 7.16. The average molecular weight is 344 g/mol. The van der Waals surface area contributed by atoms with E-state index in [0.29, 0.717) is 32.8 Å². The van der Waals surface area contributed by atoms with Crippen molar-refractivity contribution in [3.63, 3.8) is 0 Å². The highest BCUT2D eigenvalue weighted by atomic mass is 35.5. The van der Waals surface area contributed by atoms with Crippen molar-refractivity contribution >= 4 is 40.9 Å². The van der Waals surface area contributed by atoms with E-state index in [1.54, 1.807) is 24.3 Å². The molecule has 21 heavy (non-hydrogen) atoms. The Morgan fingerprint density at radius 2 is 1.71 bits per heavy atom. The molecule has 0 saturated carbocycles. The second-order valence-corrected chi connectivity index (χ2v) is 5.76. The second kappa shape index (κ2) is 5.34. The van der Waals surface area contributed by atoms with Crippen molar-refractivity contribution in [1.82, 2.24) is 0 Å². The quantitative estimate of drug-likeness (QED) is 0.564. The Hall–Kier alpha value is -1.55. The largest absolute Gasteiger partial charge is 0.504 e. The number of ether oxygens (including phenoxy) is 1.